The maximum absolute atomic E-state index is 13.6. The van der Waals surface area contributed by atoms with E-state index in [4.69, 9.17) is 4.42 Å². The highest BCUT2D eigenvalue weighted by Gasteiger charge is 2.18. The third-order valence-electron chi connectivity index (χ3n) is 3.49. The minimum Gasteiger partial charge on any atom is -0.467 e. The first kappa shape index (κ1) is 18.4. The normalized spacial score (nSPS) is 12.0. The van der Waals surface area contributed by atoms with Crippen LogP contribution >= 0.6 is 23.1 Å². The third-order valence-corrected chi connectivity index (χ3v) is 5.55. The van der Waals surface area contributed by atoms with Gasteiger partial charge in [-0.25, -0.2) is 4.39 Å². The monoisotopic (exact) mass is 392 g/mol. The molecule has 0 aliphatic heterocycles. The number of rotatable bonds is 7. The van der Waals surface area contributed by atoms with Gasteiger partial charge in [-0.15, -0.1) is 10.2 Å². The second kappa shape index (κ2) is 8.33. The van der Waals surface area contributed by atoms with Crippen LogP contribution < -0.4 is 10.6 Å². The fraction of sp³-hybridized carbons (Fsp3) is 0.235. The van der Waals surface area contributed by atoms with Crippen molar-refractivity contribution in [2.75, 3.05) is 10.6 Å². The summed E-state index contributed by atoms with van der Waals surface area (Å²) in [4.78, 5) is 12.3. The Morgan fingerprint density at radius 1 is 1.38 bits per heavy atom. The number of hydrogen-bond acceptors (Lipinski definition) is 7. The van der Waals surface area contributed by atoms with Crippen molar-refractivity contribution in [2.45, 2.75) is 30.0 Å². The summed E-state index contributed by atoms with van der Waals surface area (Å²) in [6.45, 7) is 3.95. The zero-order valence-corrected chi connectivity index (χ0v) is 15.8. The fourth-order valence-electron chi connectivity index (χ4n) is 2.02. The average Bonchev–Trinajstić information content (AvgIpc) is 3.28. The van der Waals surface area contributed by atoms with Crippen molar-refractivity contribution in [2.24, 2.45) is 0 Å². The summed E-state index contributed by atoms with van der Waals surface area (Å²) in [5.74, 6) is 0.227. The highest BCUT2D eigenvalue weighted by molar-refractivity contribution is 8.02. The van der Waals surface area contributed by atoms with Crippen LogP contribution in [0.5, 0.6) is 0 Å². The molecule has 1 amide bonds. The molecule has 9 heteroatoms. The Kier molecular flexibility index (Phi) is 5.89. The molecule has 0 saturated carbocycles. The number of thioether (sulfide) groups is 1. The highest BCUT2D eigenvalue weighted by Crippen LogP contribution is 2.29. The minimum absolute atomic E-state index is 0.224. The van der Waals surface area contributed by atoms with Crippen molar-refractivity contribution in [3.8, 4) is 0 Å². The molecule has 1 atom stereocenters. The van der Waals surface area contributed by atoms with Gasteiger partial charge in [0.05, 0.1) is 18.1 Å². The van der Waals surface area contributed by atoms with E-state index in [2.05, 4.69) is 20.8 Å². The Morgan fingerprint density at radius 3 is 2.96 bits per heavy atom. The van der Waals surface area contributed by atoms with Gasteiger partial charge in [-0.2, -0.15) is 0 Å². The topological polar surface area (TPSA) is 80.0 Å². The molecule has 26 heavy (non-hydrogen) atoms. The van der Waals surface area contributed by atoms with Gasteiger partial charge in [0.15, 0.2) is 4.34 Å². The number of furan rings is 1. The van der Waals surface area contributed by atoms with Gasteiger partial charge in [0.2, 0.25) is 11.0 Å². The largest absolute Gasteiger partial charge is 0.467 e. The minimum atomic E-state index is -0.398. The number of anilines is 2. The smallest absolute Gasteiger partial charge is 0.237 e. The summed E-state index contributed by atoms with van der Waals surface area (Å²) >= 11 is 2.66. The quantitative estimate of drug-likeness (QED) is 0.583. The predicted molar refractivity (Wildman–Crippen MR) is 101 cm³/mol. The molecule has 0 aliphatic rings. The number of aryl methyl sites for hydroxylation is 1. The van der Waals surface area contributed by atoms with Crippen molar-refractivity contribution in [1.29, 1.82) is 0 Å². The molecule has 0 saturated heterocycles. The van der Waals surface area contributed by atoms with Gasteiger partial charge in [-0.05, 0) is 43.7 Å². The molecule has 2 aromatic heterocycles. The van der Waals surface area contributed by atoms with Crippen molar-refractivity contribution >= 4 is 39.8 Å². The average molecular weight is 392 g/mol. The number of nitrogens with one attached hydrogen (secondary N) is 2. The van der Waals surface area contributed by atoms with Crippen LogP contribution in [0, 0.1) is 12.7 Å². The van der Waals surface area contributed by atoms with Gasteiger partial charge in [0.25, 0.3) is 0 Å². The summed E-state index contributed by atoms with van der Waals surface area (Å²) in [5, 5.41) is 14.2. The van der Waals surface area contributed by atoms with Gasteiger partial charge >= 0.3 is 0 Å². The molecule has 0 unspecified atom stereocenters. The van der Waals surface area contributed by atoms with Crippen molar-refractivity contribution in [3.63, 3.8) is 0 Å². The summed E-state index contributed by atoms with van der Waals surface area (Å²) in [6.07, 6.45) is 1.61. The molecule has 2 heterocycles. The molecule has 0 fully saturated rings. The van der Waals surface area contributed by atoms with E-state index in [1.165, 1.54) is 29.2 Å². The van der Waals surface area contributed by atoms with Crippen LogP contribution in [0.15, 0.2) is 45.4 Å². The molecular weight excluding hydrogens is 375 g/mol. The molecule has 0 aliphatic carbocycles. The maximum atomic E-state index is 13.6. The molecule has 3 aromatic rings. The van der Waals surface area contributed by atoms with Crippen LogP contribution in [0.25, 0.3) is 0 Å². The lowest BCUT2D eigenvalue weighted by molar-refractivity contribution is -0.115. The summed E-state index contributed by atoms with van der Waals surface area (Å²) < 4.78 is 19.5. The number of carbonyl (C=O) groups excluding carboxylic acids is 1. The molecule has 1 aromatic carbocycles. The Morgan fingerprint density at radius 2 is 2.23 bits per heavy atom. The highest BCUT2D eigenvalue weighted by atomic mass is 32.2. The van der Waals surface area contributed by atoms with Crippen LogP contribution in [0.1, 0.15) is 18.2 Å². The van der Waals surface area contributed by atoms with E-state index < -0.39 is 5.25 Å². The first-order valence-electron chi connectivity index (χ1n) is 7.84. The SMILES string of the molecule is Cc1ccc(NC(=O)[C@@H](C)Sc2nnc(NCc3ccco3)s2)cc1F. The second-order valence-corrected chi connectivity index (χ2v) is 8.08. The number of nitrogens with zero attached hydrogens (tertiary/aromatic N) is 2. The number of hydrogen-bond donors (Lipinski definition) is 2. The Hall–Kier alpha value is -2.39. The fourth-order valence-corrected chi connectivity index (χ4v) is 3.92. The lowest BCUT2D eigenvalue weighted by Gasteiger charge is -2.10. The molecule has 6 nitrogen and oxygen atoms in total. The van der Waals surface area contributed by atoms with Crippen LogP contribution in [0.3, 0.4) is 0 Å². The first-order chi connectivity index (χ1) is 12.5. The van der Waals surface area contributed by atoms with E-state index in [-0.39, 0.29) is 11.7 Å². The Balaban J connectivity index is 1.52. The lowest BCUT2D eigenvalue weighted by Crippen LogP contribution is -2.22. The Labute approximate surface area is 158 Å². The maximum Gasteiger partial charge on any atom is 0.237 e. The number of halogens is 1. The summed E-state index contributed by atoms with van der Waals surface area (Å²) in [5.41, 5.74) is 0.970. The van der Waals surface area contributed by atoms with E-state index in [0.29, 0.717) is 27.3 Å². The van der Waals surface area contributed by atoms with Crippen molar-refractivity contribution in [3.05, 3.63) is 53.7 Å². The number of benzene rings is 1. The van der Waals surface area contributed by atoms with E-state index in [0.717, 1.165) is 5.76 Å². The Bertz CT molecular complexity index is 883. The van der Waals surface area contributed by atoms with E-state index in [1.807, 2.05) is 12.1 Å². The van der Waals surface area contributed by atoms with Gasteiger partial charge in [0, 0.05) is 5.69 Å². The molecule has 0 bridgehead atoms. The van der Waals surface area contributed by atoms with Gasteiger partial charge < -0.3 is 15.1 Å². The van der Waals surface area contributed by atoms with Crippen LogP contribution in [0.2, 0.25) is 0 Å². The molecule has 0 radical (unpaired) electrons. The lowest BCUT2D eigenvalue weighted by atomic mass is 10.2. The van der Waals surface area contributed by atoms with Crippen LogP contribution in [-0.4, -0.2) is 21.4 Å². The second-order valence-electron chi connectivity index (χ2n) is 5.52. The predicted octanol–water partition coefficient (Wildman–Crippen LogP) is 4.31. The number of amides is 1. The van der Waals surface area contributed by atoms with Crippen LogP contribution in [-0.2, 0) is 11.3 Å². The summed E-state index contributed by atoms with van der Waals surface area (Å²) in [7, 11) is 0. The summed E-state index contributed by atoms with van der Waals surface area (Å²) in [6, 6.07) is 8.30. The zero-order chi connectivity index (χ0) is 18.5. The molecular formula is C17H17FN4O2S2. The number of aromatic nitrogens is 2. The first-order valence-corrected chi connectivity index (χ1v) is 9.54. The molecule has 0 spiro atoms. The van der Waals surface area contributed by atoms with E-state index >= 15 is 0 Å². The van der Waals surface area contributed by atoms with Crippen molar-refractivity contribution in [1.82, 2.24) is 10.2 Å². The standard InChI is InChI=1S/C17H17FN4O2S2/c1-10-5-6-12(8-14(10)18)20-15(23)11(2)25-17-22-21-16(26-17)19-9-13-4-3-7-24-13/h3-8,11H,9H2,1-2H3,(H,19,21)(H,20,23)/t11-/m1/s1. The van der Waals surface area contributed by atoms with E-state index in [1.54, 1.807) is 32.2 Å². The van der Waals surface area contributed by atoms with Gasteiger partial charge in [-0.3, -0.25) is 4.79 Å². The van der Waals surface area contributed by atoms with Gasteiger partial charge in [0.1, 0.15) is 11.6 Å². The number of carbonyl (C=O) groups is 1. The molecule has 3 rings (SSSR count). The van der Waals surface area contributed by atoms with Crippen molar-refractivity contribution < 1.29 is 13.6 Å². The zero-order valence-electron chi connectivity index (χ0n) is 14.2. The van der Waals surface area contributed by atoms with Gasteiger partial charge in [-0.1, -0.05) is 29.2 Å². The third kappa shape index (κ3) is 4.83. The van der Waals surface area contributed by atoms with Crippen LogP contribution in [0.4, 0.5) is 15.2 Å². The van der Waals surface area contributed by atoms with E-state index in [9.17, 15) is 9.18 Å². The molecule has 136 valence electrons. The molecule has 2 N–H and O–H groups in total.